The normalized spacial score (nSPS) is 11.5. The van der Waals surface area contributed by atoms with Crippen molar-refractivity contribution in [1.29, 1.82) is 0 Å². The zero-order valence-corrected chi connectivity index (χ0v) is 16.6. The lowest BCUT2D eigenvalue weighted by Gasteiger charge is -2.12. The van der Waals surface area contributed by atoms with Gasteiger partial charge in [0.05, 0.1) is 16.6 Å². The van der Waals surface area contributed by atoms with E-state index >= 15 is 0 Å². The number of nitrogens with zero attached hydrogens (tertiary/aromatic N) is 2. The van der Waals surface area contributed by atoms with Gasteiger partial charge in [0.2, 0.25) is 0 Å². The second-order valence-electron chi connectivity index (χ2n) is 7.40. The van der Waals surface area contributed by atoms with Gasteiger partial charge in [-0.2, -0.15) is 0 Å². The van der Waals surface area contributed by atoms with E-state index in [9.17, 15) is 4.79 Å². The fourth-order valence-corrected chi connectivity index (χ4v) is 3.68. The average molecular weight is 388 g/mol. The molecule has 0 N–H and O–H groups in total. The maximum absolute atomic E-state index is 13.4. The lowest BCUT2D eigenvalue weighted by atomic mass is 10.1. The molecule has 0 atom stereocenters. The largest absolute Gasteiger partial charge is 0.268 e. The van der Waals surface area contributed by atoms with Gasteiger partial charge in [-0.05, 0) is 53.6 Å². The molecule has 0 saturated carbocycles. The minimum absolute atomic E-state index is 0.0700. The number of aryl methyl sites for hydroxylation is 1. The van der Waals surface area contributed by atoms with Gasteiger partial charge in [-0.3, -0.25) is 9.36 Å². The highest BCUT2D eigenvalue weighted by Crippen LogP contribution is 2.20. The molecular formula is C27H20N2O. The van der Waals surface area contributed by atoms with Crippen LogP contribution in [0.5, 0.6) is 0 Å². The van der Waals surface area contributed by atoms with Gasteiger partial charge in [-0.15, -0.1) is 0 Å². The first kappa shape index (κ1) is 18.1. The Hall–Kier alpha value is -3.98. The Morgan fingerprint density at radius 1 is 0.767 bits per heavy atom. The average Bonchev–Trinajstić information content (AvgIpc) is 2.78. The maximum atomic E-state index is 13.4. The Labute approximate surface area is 174 Å². The van der Waals surface area contributed by atoms with Gasteiger partial charge in [0.15, 0.2) is 0 Å². The quantitative estimate of drug-likeness (QED) is 0.379. The highest BCUT2D eigenvalue weighted by atomic mass is 16.1. The molecule has 0 radical (unpaired) electrons. The summed E-state index contributed by atoms with van der Waals surface area (Å²) in [6.07, 6.45) is 3.90. The molecule has 3 heteroatoms. The van der Waals surface area contributed by atoms with Crippen LogP contribution in [0.2, 0.25) is 0 Å². The van der Waals surface area contributed by atoms with Gasteiger partial charge in [0.25, 0.3) is 5.56 Å². The maximum Gasteiger partial charge on any atom is 0.266 e. The highest BCUT2D eigenvalue weighted by Gasteiger charge is 2.11. The van der Waals surface area contributed by atoms with Crippen molar-refractivity contribution in [3.63, 3.8) is 0 Å². The van der Waals surface area contributed by atoms with Gasteiger partial charge in [0, 0.05) is 0 Å². The zero-order chi connectivity index (χ0) is 20.5. The molecule has 0 aliphatic heterocycles. The van der Waals surface area contributed by atoms with Crippen LogP contribution >= 0.6 is 0 Å². The second-order valence-corrected chi connectivity index (χ2v) is 7.40. The molecule has 0 saturated heterocycles. The SMILES string of the molecule is Cc1ccc(/C=C/c2nc3ccccc3c(=O)n2-c2ccc3ccccc3c2)cc1. The van der Waals surface area contributed by atoms with E-state index in [0.717, 1.165) is 22.0 Å². The number of aromatic nitrogens is 2. The molecule has 1 aromatic heterocycles. The fourth-order valence-electron chi connectivity index (χ4n) is 3.68. The molecule has 1 heterocycles. The van der Waals surface area contributed by atoms with Gasteiger partial charge in [-0.25, -0.2) is 4.98 Å². The first-order valence-corrected chi connectivity index (χ1v) is 9.95. The van der Waals surface area contributed by atoms with Crippen LogP contribution in [-0.2, 0) is 0 Å². The van der Waals surface area contributed by atoms with E-state index in [2.05, 4.69) is 43.3 Å². The van der Waals surface area contributed by atoms with Crippen molar-refractivity contribution in [1.82, 2.24) is 9.55 Å². The van der Waals surface area contributed by atoms with Crippen LogP contribution in [0.4, 0.5) is 0 Å². The first-order chi connectivity index (χ1) is 14.7. The molecule has 30 heavy (non-hydrogen) atoms. The van der Waals surface area contributed by atoms with E-state index in [1.807, 2.05) is 66.7 Å². The molecule has 0 amide bonds. The number of fused-ring (bicyclic) bond motifs is 2. The third-order valence-electron chi connectivity index (χ3n) is 5.30. The molecule has 4 aromatic carbocycles. The van der Waals surface area contributed by atoms with Crippen LogP contribution < -0.4 is 5.56 Å². The van der Waals surface area contributed by atoms with Gasteiger partial charge >= 0.3 is 0 Å². The Morgan fingerprint density at radius 2 is 1.50 bits per heavy atom. The molecule has 0 aliphatic rings. The smallest absolute Gasteiger partial charge is 0.266 e. The predicted octanol–water partition coefficient (Wildman–Crippen LogP) is 6.02. The van der Waals surface area contributed by atoms with Gasteiger partial charge < -0.3 is 0 Å². The topological polar surface area (TPSA) is 34.9 Å². The zero-order valence-electron chi connectivity index (χ0n) is 16.6. The lowest BCUT2D eigenvalue weighted by Crippen LogP contribution is -2.22. The van der Waals surface area contributed by atoms with Crippen molar-refractivity contribution < 1.29 is 0 Å². The minimum Gasteiger partial charge on any atom is -0.268 e. The number of para-hydroxylation sites is 1. The molecule has 3 nitrogen and oxygen atoms in total. The van der Waals surface area contributed by atoms with E-state index in [4.69, 9.17) is 4.98 Å². The van der Waals surface area contributed by atoms with Gasteiger partial charge in [0.1, 0.15) is 5.82 Å². The van der Waals surface area contributed by atoms with E-state index < -0.39 is 0 Å². The third-order valence-corrected chi connectivity index (χ3v) is 5.30. The standard InChI is InChI=1S/C27H20N2O/c1-19-10-12-20(13-11-19)14-17-26-28-25-9-5-4-8-24(25)27(30)29(26)23-16-15-21-6-2-3-7-22(21)18-23/h2-18H,1H3/b17-14+. The molecule has 144 valence electrons. The van der Waals surface area contributed by atoms with Crippen molar-refractivity contribution >= 4 is 33.8 Å². The van der Waals surface area contributed by atoms with Crippen LogP contribution in [0.25, 0.3) is 39.5 Å². The molecule has 5 aromatic rings. The Morgan fingerprint density at radius 3 is 2.33 bits per heavy atom. The van der Waals surface area contributed by atoms with Crippen molar-refractivity contribution in [3.05, 3.63) is 118 Å². The number of hydrogen-bond donors (Lipinski definition) is 0. The summed E-state index contributed by atoms with van der Waals surface area (Å²) in [5.41, 5.74) is 3.71. The van der Waals surface area contributed by atoms with Crippen molar-refractivity contribution in [2.24, 2.45) is 0 Å². The summed E-state index contributed by atoms with van der Waals surface area (Å²) >= 11 is 0. The summed E-state index contributed by atoms with van der Waals surface area (Å²) < 4.78 is 1.69. The Kier molecular flexibility index (Phi) is 4.49. The summed E-state index contributed by atoms with van der Waals surface area (Å²) in [5, 5.41) is 2.83. The molecule has 0 bridgehead atoms. The van der Waals surface area contributed by atoms with E-state index in [1.54, 1.807) is 4.57 Å². The van der Waals surface area contributed by atoms with Crippen LogP contribution in [0, 0.1) is 6.92 Å². The summed E-state index contributed by atoms with van der Waals surface area (Å²) in [7, 11) is 0. The van der Waals surface area contributed by atoms with Crippen molar-refractivity contribution in [2.75, 3.05) is 0 Å². The number of rotatable bonds is 3. The highest BCUT2D eigenvalue weighted by molar-refractivity contribution is 5.85. The van der Waals surface area contributed by atoms with Crippen molar-refractivity contribution in [3.8, 4) is 5.69 Å². The summed E-state index contributed by atoms with van der Waals surface area (Å²) in [6, 6.07) is 30.0. The van der Waals surface area contributed by atoms with E-state index in [-0.39, 0.29) is 5.56 Å². The molecule has 5 rings (SSSR count). The molecular weight excluding hydrogens is 368 g/mol. The summed E-state index contributed by atoms with van der Waals surface area (Å²) in [5.74, 6) is 0.606. The summed E-state index contributed by atoms with van der Waals surface area (Å²) in [4.78, 5) is 18.2. The Balaban J connectivity index is 1.73. The Bertz CT molecular complexity index is 1460. The molecule has 0 aliphatic carbocycles. The van der Waals surface area contributed by atoms with Gasteiger partial charge in [-0.1, -0.05) is 78.4 Å². The van der Waals surface area contributed by atoms with Crippen molar-refractivity contribution in [2.45, 2.75) is 6.92 Å². The molecule has 0 spiro atoms. The predicted molar refractivity (Wildman–Crippen MR) is 125 cm³/mol. The van der Waals surface area contributed by atoms with E-state index in [0.29, 0.717) is 16.7 Å². The second kappa shape index (κ2) is 7.45. The van der Waals surface area contributed by atoms with Crippen LogP contribution in [-0.4, -0.2) is 9.55 Å². The minimum atomic E-state index is -0.0700. The van der Waals surface area contributed by atoms with E-state index in [1.165, 1.54) is 5.56 Å². The fraction of sp³-hybridized carbons (Fsp3) is 0.0370. The van der Waals surface area contributed by atoms with Crippen LogP contribution in [0.1, 0.15) is 17.0 Å². The third kappa shape index (κ3) is 3.31. The number of hydrogen-bond acceptors (Lipinski definition) is 2. The first-order valence-electron chi connectivity index (χ1n) is 9.95. The lowest BCUT2D eigenvalue weighted by molar-refractivity contribution is 0.946. The molecule has 0 unspecified atom stereocenters. The molecule has 0 fully saturated rings. The monoisotopic (exact) mass is 388 g/mol. The van der Waals surface area contributed by atoms with Crippen LogP contribution in [0.3, 0.4) is 0 Å². The summed E-state index contributed by atoms with van der Waals surface area (Å²) in [6.45, 7) is 2.07. The van der Waals surface area contributed by atoms with Crippen LogP contribution in [0.15, 0.2) is 95.8 Å². The number of benzene rings is 4.